The number of halogens is 1. The second-order valence-corrected chi connectivity index (χ2v) is 7.09. The van der Waals surface area contributed by atoms with Crippen molar-refractivity contribution >= 4 is 39.6 Å². The Morgan fingerprint density at radius 3 is 2.30 bits per heavy atom. The van der Waals surface area contributed by atoms with E-state index < -0.39 is 23.2 Å². The van der Waals surface area contributed by atoms with Gasteiger partial charge in [-0.1, -0.05) is 30.3 Å². The molecule has 1 saturated heterocycles. The lowest BCUT2D eigenvalue weighted by molar-refractivity contribution is -0.384. The van der Waals surface area contributed by atoms with Crippen LogP contribution in [0.2, 0.25) is 0 Å². The number of non-ortho nitro benzene ring substituents is 1. The van der Waals surface area contributed by atoms with Gasteiger partial charge in [0.2, 0.25) is 0 Å². The van der Waals surface area contributed by atoms with Crippen molar-refractivity contribution < 1.29 is 28.4 Å². The third-order valence-corrected chi connectivity index (χ3v) is 4.94. The van der Waals surface area contributed by atoms with Crippen LogP contribution in [0.4, 0.5) is 5.69 Å². The highest BCUT2D eigenvalue weighted by Gasteiger charge is 2.34. The minimum Gasteiger partial charge on any atom is -0.457 e. The first-order valence-corrected chi connectivity index (χ1v) is 9.44. The summed E-state index contributed by atoms with van der Waals surface area (Å²) in [5.74, 6) is -1.04. The molecule has 9 heteroatoms. The molecule has 0 saturated carbocycles. The molecule has 1 fully saturated rings. The van der Waals surface area contributed by atoms with Crippen LogP contribution in [0, 0.1) is 10.1 Å². The van der Waals surface area contributed by atoms with Crippen LogP contribution in [-0.4, -0.2) is 16.9 Å². The zero-order valence-corrected chi connectivity index (χ0v) is 16.7. The average molecular weight is 470 g/mol. The van der Waals surface area contributed by atoms with Crippen molar-refractivity contribution in [3.63, 3.8) is 0 Å². The van der Waals surface area contributed by atoms with E-state index in [4.69, 9.17) is 13.9 Å². The fourth-order valence-electron chi connectivity index (χ4n) is 2.83. The van der Waals surface area contributed by atoms with Crippen LogP contribution in [-0.2, 0) is 19.1 Å². The van der Waals surface area contributed by atoms with Gasteiger partial charge in [-0.05, 0) is 34.1 Å². The molecule has 0 spiro atoms. The first kappa shape index (κ1) is 19.6. The molecule has 0 unspecified atom stereocenters. The van der Waals surface area contributed by atoms with E-state index in [0.29, 0.717) is 21.4 Å². The molecule has 0 aliphatic carbocycles. The maximum absolute atomic E-state index is 12.3. The number of esters is 2. The molecule has 2 heterocycles. The molecule has 0 bridgehead atoms. The maximum atomic E-state index is 12.3. The van der Waals surface area contributed by atoms with Crippen LogP contribution in [0.5, 0.6) is 0 Å². The highest BCUT2D eigenvalue weighted by atomic mass is 79.9. The Labute approximate surface area is 178 Å². The Morgan fingerprint density at radius 1 is 0.967 bits per heavy atom. The predicted molar refractivity (Wildman–Crippen MR) is 108 cm³/mol. The molecule has 0 radical (unpaired) electrons. The number of hydrogen-bond donors (Lipinski definition) is 0. The minimum absolute atomic E-state index is 0.0693. The standard InChI is InChI=1S/C21H12BrNO7/c22-17-10-13(23(26)27)6-8-15(17)18-9-7-14(28-18)11-16-19(24)29-21(30-20(16)25)12-4-2-1-3-5-12/h1-11,21H. The number of benzene rings is 2. The number of nitrogens with zero attached hydrogens (tertiary/aromatic N) is 1. The van der Waals surface area contributed by atoms with Crippen LogP contribution in [0.1, 0.15) is 17.6 Å². The van der Waals surface area contributed by atoms with Gasteiger partial charge in [-0.25, -0.2) is 9.59 Å². The molecule has 8 nitrogen and oxygen atoms in total. The molecule has 0 amide bonds. The van der Waals surface area contributed by atoms with Gasteiger partial charge in [-0.3, -0.25) is 10.1 Å². The quantitative estimate of drug-likeness (QED) is 0.177. The Kier molecular flexibility index (Phi) is 5.20. The lowest BCUT2D eigenvalue weighted by atomic mass is 10.1. The van der Waals surface area contributed by atoms with E-state index in [1.807, 2.05) is 0 Å². The number of rotatable bonds is 4. The zero-order chi connectivity index (χ0) is 21.3. The SMILES string of the molecule is O=C1OC(c2ccccc2)OC(=O)C1=Cc1ccc(-c2ccc([N+](=O)[O-])cc2Br)o1. The van der Waals surface area contributed by atoms with Crippen LogP contribution in [0.15, 0.2) is 75.1 Å². The molecule has 1 aliphatic rings. The number of carbonyl (C=O) groups is 2. The van der Waals surface area contributed by atoms with Crippen molar-refractivity contribution in [3.8, 4) is 11.3 Å². The summed E-state index contributed by atoms with van der Waals surface area (Å²) in [6, 6.07) is 16.0. The van der Waals surface area contributed by atoms with Gasteiger partial charge in [-0.2, -0.15) is 0 Å². The first-order valence-electron chi connectivity index (χ1n) is 8.65. The van der Waals surface area contributed by atoms with Crippen molar-refractivity contribution in [1.82, 2.24) is 0 Å². The van der Waals surface area contributed by atoms with Gasteiger partial charge < -0.3 is 13.9 Å². The summed E-state index contributed by atoms with van der Waals surface area (Å²) in [6.45, 7) is 0. The lowest BCUT2D eigenvalue weighted by Crippen LogP contribution is -2.29. The summed E-state index contributed by atoms with van der Waals surface area (Å²) < 4.78 is 16.6. The van der Waals surface area contributed by atoms with Gasteiger partial charge in [0, 0.05) is 33.8 Å². The number of nitro benzene ring substituents is 1. The second kappa shape index (κ2) is 7.96. The van der Waals surface area contributed by atoms with E-state index in [1.165, 1.54) is 24.3 Å². The largest absolute Gasteiger partial charge is 0.457 e. The van der Waals surface area contributed by atoms with Gasteiger partial charge in [0.25, 0.3) is 12.0 Å². The number of furan rings is 1. The van der Waals surface area contributed by atoms with Crippen LogP contribution in [0.25, 0.3) is 17.4 Å². The number of nitro groups is 1. The van der Waals surface area contributed by atoms with Gasteiger partial charge >= 0.3 is 11.9 Å². The normalized spacial score (nSPS) is 16.0. The van der Waals surface area contributed by atoms with Crippen molar-refractivity contribution in [3.05, 3.63) is 92.1 Å². The first-order chi connectivity index (χ1) is 14.4. The van der Waals surface area contributed by atoms with Gasteiger partial charge in [-0.15, -0.1) is 0 Å². The topological polar surface area (TPSA) is 109 Å². The third kappa shape index (κ3) is 3.87. The van der Waals surface area contributed by atoms with Crippen LogP contribution >= 0.6 is 15.9 Å². The smallest absolute Gasteiger partial charge is 0.349 e. The lowest BCUT2D eigenvalue weighted by Gasteiger charge is -2.23. The molecule has 30 heavy (non-hydrogen) atoms. The molecule has 3 aromatic rings. The Hall–Kier alpha value is -3.72. The molecule has 0 N–H and O–H groups in total. The predicted octanol–water partition coefficient (Wildman–Crippen LogP) is 4.80. The fraction of sp³-hybridized carbons (Fsp3) is 0.0476. The van der Waals surface area contributed by atoms with Gasteiger partial charge in [0.1, 0.15) is 17.1 Å². The summed E-state index contributed by atoms with van der Waals surface area (Å²) in [5.41, 5.74) is 0.746. The molecule has 4 rings (SSSR count). The van der Waals surface area contributed by atoms with Gasteiger partial charge in [0.05, 0.1) is 4.92 Å². The number of carbonyl (C=O) groups excluding carboxylic acids is 2. The minimum atomic E-state index is -1.11. The van der Waals surface area contributed by atoms with E-state index in [-0.39, 0.29) is 17.0 Å². The summed E-state index contributed by atoms with van der Waals surface area (Å²) in [6.07, 6.45) is 0.126. The van der Waals surface area contributed by atoms with E-state index in [1.54, 1.807) is 42.5 Å². The average Bonchev–Trinajstić information content (AvgIpc) is 3.19. The summed E-state index contributed by atoms with van der Waals surface area (Å²) >= 11 is 3.28. The van der Waals surface area contributed by atoms with E-state index in [2.05, 4.69) is 15.9 Å². The van der Waals surface area contributed by atoms with Crippen LogP contribution in [0.3, 0.4) is 0 Å². The number of ether oxygens (including phenoxy) is 2. The van der Waals surface area contributed by atoms with Crippen LogP contribution < -0.4 is 0 Å². The Balaban J connectivity index is 1.56. The molecule has 2 aromatic carbocycles. The molecule has 0 atom stereocenters. The van der Waals surface area contributed by atoms with Crippen molar-refractivity contribution in [2.24, 2.45) is 0 Å². The molecule has 150 valence electrons. The van der Waals surface area contributed by atoms with Gasteiger partial charge in [0.15, 0.2) is 0 Å². The molecule has 1 aliphatic heterocycles. The summed E-state index contributed by atoms with van der Waals surface area (Å²) in [7, 11) is 0. The summed E-state index contributed by atoms with van der Waals surface area (Å²) in [4.78, 5) is 35.0. The molecule has 1 aromatic heterocycles. The second-order valence-electron chi connectivity index (χ2n) is 6.23. The highest BCUT2D eigenvalue weighted by molar-refractivity contribution is 9.10. The van der Waals surface area contributed by atoms with E-state index >= 15 is 0 Å². The maximum Gasteiger partial charge on any atom is 0.349 e. The zero-order valence-electron chi connectivity index (χ0n) is 15.1. The molecular weight excluding hydrogens is 458 g/mol. The monoisotopic (exact) mass is 469 g/mol. The van der Waals surface area contributed by atoms with Crippen molar-refractivity contribution in [1.29, 1.82) is 0 Å². The van der Waals surface area contributed by atoms with Crippen molar-refractivity contribution in [2.75, 3.05) is 0 Å². The highest BCUT2D eigenvalue weighted by Crippen LogP contribution is 2.33. The Morgan fingerprint density at radius 2 is 1.67 bits per heavy atom. The summed E-state index contributed by atoms with van der Waals surface area (Å²) in [5, 5.41) is 10.9. The number of hydrogen-bond acceptors (Lipinski definition) is 7. The van der Waals surface area contributed by atoms with E-state index in [0.717, 1.165) is 0 Å². The van der Waals surface area contributed by atoms with Crippen molar-refractivity contribution in [2.45, 2.75) is 6.29 Å². The third-order valence-electron chi connectivity index (χ3n) is 4.28. The Bertz CT molecular complexity index is 1160. The van der Waals surface area contributed by atoms with E-state index in [9.17, 15) is 19.7 Å². The fourth-order valence-corrected chi connectivity index (χ4v) is 3.39. The molecular formula is C21H12BrNO7. The number of cyclic esters (lactones) is 2.